The van der Waals surface area contributed by atoms with Crippen LogP contribution in [0.5, 0.6) is 0 Å². The smallest absolute Gasteiger partial charge is 0.388 e. The summed E-state index contributed by atoms with van der Waals surface area (Å²) in [5.74, 6) is 3.47. The molecule has 0 amide bonds. The largest absolute Gasteiger partial charge is 0.393 e. The van der Waals surface area contributed by atoms with Crippen LogP contribution >= 0.6 is 0 Å². The Balaban J connectivity index is -0.000000161. The molecule has 2 aromatic carbocycles. The quantitative estimate of drug-likeness (QED) is 0.201. The van der Waals surface area contributed by atoms with E-state index in [2.05, 4.69) is 141 Å². The summed E-state index contributed by atoms with van der Waals surface area (Å²) < 4.78 is 49.0. The van der Waals surface area contributed by atoms with Crippen LogP contribution in [-0.4, -0.2) is 56.8 Å². The lowest BCUT2D eigenvalue weighted by molar-refractivity contribution is -0.204. The van der Waals surface area contributed by atoms with Crippen LogP contribution in [0.2, 0.25) is 26.2 Å². The number of halogens is 3. The molecule has 0 saturated carbocycles. The highest BCUT2D eigenvalue weighted by Crippen LogP contribution is 2.48. The van der Waals surface area contributed by atoms with E-state index in [1.165, 1.54) is 42.5 Å². The maximum absolute atomic E-state index is 11.6. The number of carbonyl (C=O) groups excluding carboxylic acids is 1. The summed E-state index contributed by atoms with van der Waals surface area (Å²) in [6.45, 7) is 33.4. The molecule has 0 aliphatic heterocycles. The fourth-order valence-corrected chi connectivity index (χ4v) is 2.67. The lowest BCUT2D eigenvalue weighted by Gasteiger charge is -2.21. The maximum Gasteiger partial charge on any atom is 0.393 e. The Labute approximate surface area is 297 Å². The number of hydrogen-bond acceptors (Lipinski definition) is 3. The lowest BCUT2D eigenvalue weighted by Crippen LogP contribution is -2.28. The van der Waals surface area contributed by atoms with E-state index in [1.807, 2.05) is 0 Å². The fraction of sp³-hybridized carbons (Fsp3) is 0.650. The number of carbonyl (C=O) groups is 1. The van der Waals surface area contributed by atoms with Crippen LogP contribution in [0.3, 0.4) is 0 Å². The summed E-state index contributed by atoms with van der Waals surface area (Å²) in [6.07, 6.45) is 0.396. The van der Waals surface area contributed by atoms with Crippen molar-refractivity contribution in [3.8, 4) is 11.1 Å². The first-order valence-corrected chi connectivity index (χ1v) is 23.0. The van der Waals surface area contributed by atoms with Gasteiger partial charge in [0, 0.05) is 40.2 Å². The molecular formula is C40H75F3O3SSi. The molecule has 0 atom stereocenters. The second-order valence-electron chi connectivity index (χ2n) is 16.9. The van der Waals surface area contributed by atoms with Crippen molar-refractivity contribution in [1.82, 2.24) is 0 Å². The summed E-state index contributed by atoms with van der Waals surface area (Å²) in [4.78, 5) is 9.44. The Morgan fingerprint density at radius 2 is 0.917 bits per heavy atom. The molecule has 0 spiro atoms. The molecule has 0 bridgehead atoms. The van der Waals surface area contributed by atoms with Gasteiger partial charge in [-0.05, 0) is 56.9 Å². The van der Waals surface area contributed by atoms with E-state index >= 15 is 0 Å². The van der Waals surface area contributed by atoms with Gasteiger partial charge in [0.2, 0.25) is 0 Å². The lowest BCUT2D eigenvalue weighted by atomic mass is 9.82. The van der Waals surface area contributed by atoms with Gasteiger partial charge in [-0.1, -0.05) is 157 Å². The van der Waals surface area contributed by atoms with Crippen LogP contribution in [0.1, 0.15) is 108 Å². The van der Waals surface area contributed by atoms with Crippen LogP contribution in [0.15, 0.2) is 48.5 Å². The number of fused-ring (bicyclic) bond motifs is 3. The number of alkyl halides is 3. The molecule has 284 valence electrons. The van der Waals surface area contributed by atoms with E-state index in [0.717, 1.165) is 20.8 Å². The summed E-state index contributed by atoms with van der Waals surface area (Å²) in [7, 11) is 0.972. The van der Waals surface area contributed by atoms with Crippen LogP contribution in [0, 0.1) is 10.8 Å². The molecule has 0 aromatic heterocycles. The third kappa shape index (κ3) is 40.3. The monoisotopic (exact) mass is 721 g/mol. The van der Waals surface area contributed by atoms with E-state index < -0.39 is 29.2 Å². The zero-order valence-electron chi connectivity index (χ0n) is 34.8. The van der Waals surface area contributed by atoms with Gasteiger partial charge in [0.1, 0.15) is 5.78 Å². The van der Waals surface area contributed by atoms with Crippen molar-refractivity contribution in [3.05, 3.63) is 59.7 Å². The second-order valence-corrected chi connectivity index (χ2v) is 25.8. The van der Waals surface area contributed by atoms with Gasteiger partial charge >= 0.3 is 6.18 Å². The van der Waals surface area contributed by atoms with Gasteiger partial charge in [0.05, 0.1) is 5.41 Å². The van der Waals surface area contributed by atoms with Crippen molar-refractivity contribution in [1.29, 1.82) is 0 Å². The maximum atomic E-state index is 11.6. The highest BCUT2D eigenvalue weighted by atomic mass is 32.2. The van der Waals surface area contributed by atoms with E-state index in [0.29, 0.717) is 5.41 Å². The minimum absolute atomic E-state index is 0.160. The molecule has 0 heterocycles. The molecule has 0 saturated heterocycles. The normalized spacial score (nSPS) is 12.3. The van der Waals surface area contributed by atoms with Gasteiger partial charge < -0.3 is 9.53 Å². The Hall–Kier alpha value is -1.90. The molecule has 1 aliphatic rings. The number of ether oxygens (including phenoxy) is 1. The van der Waals surface area contributed by atoms with E-state index in [1.54, 1.807) is 26.7 Å². The van der Waals surface area contributed by atoms with Gasteiger partial charge in [-0.25, -0.2) is 0 Å². The van der Waals surface area contributed by atoms with Crippen molar-refractivity contribution in [2.75, 3.05) is 26.7 Å². The molecule has 0 radical (unpaired) electrons. The Morgan fingerprint density at radius 1 is 0.771 bits per heavy atom. The van der Waals surface area contributed by atoms with Crippen LogP contribution in [0.25, 0.3) is 11.1 Å². The number of ketones is 1. The average molecular weight is 721 g/mol. The number of methoxy groups -OCH3 is 1. The first kappa shape index (κ1) is 55.5. The van der Waals surface area contributed by atoms with Crippen LogP contribution in [0.4, 0.5) is 13.2 Å². The molecule has 48 heavy (non-hydrogen) atoms. The number of benzene rings is 2. The molecule has 3 rings (SSSR count). The second kappa shape index (κ2) is 25.1. The predicted octanol–water partition coefficient (Wildman–Crippen LogP) is 12.8. The minimum atomic E-state index is -4.06. The third-order valence-corrected chi connectivity index (χ3v) is 4.34. The third-order valence-electron chi connectivity index (χ3n) is 4.34. The van der Waals surface area contributed by atoms with E-state index in [-0.39, 0.29) is 11.2 Å². The Kier molecular flexibility index (Phi) is 29.0. The number of hydrogen-bond donors (Lipinski definition) is 0. The number of rotatable bonds is 0. The van der Waals surface area contributed by atoms with Gasteiger partial charge in [0.15, 0.2) is 0 Å². The SMILES string of the molecule is C=S(C)(C)=O.CC(C)(C)C.CC(C)(C)C(F)(F)F.CC(C)=O.CC1(C)c2ccccc2-c2ccccc21.CCC.COC.C[Si](C)(C)C. The van der Waals surface area contributed by atoms with Crippen molar-refractivity contribution in [2.24, 2.45) is 10.8 Å². The molecule has 8 heteroatoms. The van der Waals surface area contributed by atoms with Crippen LogP contribution in [-0.2, 0) is 24.5 Å². The minimum Gasteiger partial charge on any atom is -0.388 e. The summed E-state index contributed by atoms with van der Waals surface area (Å²) in [5.41, 5.74) is 4.80. The van der Waals surface area contributed by atoms with E-state index in [9.17, 15) is 22.2 Å². The summed E-state index contributed by atoms with van der Waals surface area (Å²) in [6, 6.07) is 17.4. The fourth-order valence-electron chi connectivity index (χ4n) is 2.67. The van der Waals surface area contributed by atoms with Crippen molar-refractivity contribution < 1.29 is 26.9 Å². The molecular weight excluding hydrogens is 646 g/mol. The zero-order valence-corrected chi connectivity index (χ0v) is 36.6. The highest BCUT2D eigenvalue weighted by Gasteiger charge is 2.43. The Morgan fingerprint density at radius 3 is 1.06 bits per heavy atom. The van der Waals surface area contributed by atoms with Crippen molar-refractivity contribution in [2.45, 2.75) is 134 Å². The summed E-state index contributed by atoms with van der Waals surface area (Å²) >= 11 is 0. The average Bonchev–Trinajstić information content (AvgIpc) is 3.03. The molecule has 3 nitrogen and oxygen atoms in total. The molecule has 0 unspecified atom stereocenters. The summed E-state index contributed by atoms with van der Waals surface area (Å²) in [5, 5.41) is 0. The molecule has 0 N–H and O–H groups in total. The molecule has 1 aliphatic carbocycles. The van der Waals surface area contributed by atoms with E-state index in [4.69, 9.17) is 0 Å². The first-order chi connectivity index (χ1) is 21.0. The van der Waals surface area contributed by atoms with Gasteiger partial charge in [0.25, 0.3) is 0 Å². The first-order valence-electron chi connectivity index (χ1n) is 16.4. The van der Waals surface area contributed by atoms with Crippen molar-refractivity contribution >= 4 is 29.2 Å². The van der Waals surface area contributed by atoms with Crippen molar-refractivity contribution in [3.63, 3.8) is 0 Å². The standard InChI is InChI=1S/C15H14.C5H9F3.C5H12.C4H12Si.C3H8OS.C3H6O.C3H8.C2H6O/c1-15(2)13-9-5-3-7-11(13)12-8-4-6-10-14(12)15;1-4(2,3)5(6,7)8;3*1-5(2,3)4;1-3(2)4;2*1-3-2/h3-10H,1-2H3;1-3H3;2*1-4H3;1H2,2-3H3;1-2H3;3H2,1-2H3;1-2H3. The molecule has 2 aromatic rings. The van der Waals surface area contributed by atoms with Gasteiger partial charge in [-0.15, -0.1) is 0 Å². The zero-order chi connectivity index (χ0) is 40.0. The number of Topliss-reactive ketones (excluding diaryl/α,β-unsaturated/α-hetero) is 1. The highest BCUT2D eigenvalue weighted by molar-refractivity contribution is 7.98. The predicted molar refractivity (Wildman–Crippen MR) is 216 cm³/mol. The topological polar surface area (TPSA) is 43.4 Å². The van der Waals surface area contributed by atoms with Gasteiger partial charge in [-0.2, -0.15) is 13.2 Å². The van der Waals surface area contributed by atoms with Crippen LogP contribution < -0.4 is 0 Å². The molecule has 0 fully saturated rings. The Bertz CT molecular complexity index is 1120. The van der Waals surface area contributed by atoms with Gasteiger partial charge in [-0.3, -0.25) is 4.21 Å².